The van der Waals surface area contributed by atoms with Crippen LogP contribution in [0, 0.1) is 5.41 Å². The topological polar surface area (TPSA) is 384 Å². The van der Waals surface area contributed by atoms with Gasteiger partial charge in [-0.05, 0) is 32.1 Å². The van der Waals surface area contributed by atoms with Gasteiger partial charge in [-0.25, -0.2) is 28.6 Å². The summed E-state index contributed by atoms with van der Waals surface area (Å²) in [6.07, 6.45) is 15.9. The van der Waals surface area contributed by atoms with Crippen LogP contribution in [0.2, 0.25) is 0 Å². The van der Waals surface area contributed by atoms with Crippen molar-refractivity contribution in [1.82, 2.24) is 30.2 Å². The third-order valence-electron chi connectivity index (χ3n) is 10.1. The van der Waals surface area contributed by atoms with Crippen LogP contribution in [0.1, 0.15) is 91.2 Å². The van der Waals surface area contributed by atoms with Crippen molar-refractivity contribution in [2.24, 2.45) is 5.41 Å². The molecule has 29 heteroatoms. The summed E-state index contributed by atoms with van der Waals surface area (Å²) >= 11 is 1.10. The number of anilines is 1. The molecule has 0 spiro atoms. The molecular weight excluding hydrogens is 1000 g/mol. The van der Waals surface area contributed by atoms with Crippen molar-refractivity contribution in [3.63, 3.8) is 0 Å². The average Bonchev–Trinajstić information content (AvgIpc) is 3.84. The minimum absolute atomic E-state index is 0.00575. The number of ether oxygens (including phenoxy) is 1. The van der Waals surface area contributed by atoms with Gasteiger partial charge in [-0.3, -0.25) is 32.5 Å². The highest BCUT2D eigenvalue weighted by Crippen LogP contribution is 2.61. The average molecular weight is 1070 g/mol. The number of thioether (sulfide) groups is 1. The van der Waals surface area contributed by atoms with Gasteiger partial charge in [-0.15, -0.1) is 0 Å². The molecule has 8 atom stereocenters. The summed E-state index contributed by atoms with van der Waals surface area (Å²) < 4.78 is 62.4. The molecule has 2 aromatic heterocycles. The zero-order valence-electron chi connectivity index (χ0n) is 39.1. The fourth-order valence-corrected chi connectivity index (χ4v) is 9.89. The summed E-state index contributed by atoms with van der Waals surface area (Å²) in [5, 5.41) is 36.4. The first-order valence-corrected chi connectivity index (χ1v) is 27.8. The van der Waals surface area contributed by atoms with Crippen LogP contribution in [-0.4, -0.2) is 134 Å². The molecule has 2 amide bonds. The highest BCUT2D eigenvalue weighted by Gasteiger charge is 2.50. The molecule has 3 rings (SSSR count). The van der Waals surface area contributed by atoms with E-state index in [1.54, 1.807) is 6.08 Å². The molecule has 0 radical (unpaired) electrons. The lowest BCUT2D eigenvalue weighted by Crippen LogP contribution is -2.46. The number of aliphatic hydroxyl groups is 3. The van der Waals surface area contributed by atoms with Gasteiger partial charge in [0.1, 0.15) is 36.3 Å². The van der Waals surface area contributed by atoms with Crippen LogP contribution in [-0.2, 0) is 50.7 Å². The molecule has 0 bridgehead atoms. The number of phosphoric acid groups is 3. The first-order chi connectivity index (χ1) is 32.9. The summed E-state index contributed by atoms with van der Waals surface area (Å²) in [6, 6.07) is 0. The minimum atomic E-state index is -5.59. The molecule has 0 aliphatic carbocycles. The number of hydrogen-bond donors (Lipinski definition) is 10. The number of amides is 2. The summed E-state index contributed by atoms with van der Waals surface area (Å²) in [6.45, 7) is 2.60. The lowest BCUT2D eigenvalue weighted by molar-refractivity contribution is -0.137. The molecule has 25 nitrogen and oxygen atoms in total. The van der Waals surface area contributed by atoms with Crippen LogP contribution in [0.4, 0.5) is 5.82 Å². The molecule has 394 valence electrons. The summed E-state index contributed by atoms with van der Waals surface area (Å²) in [7, 11) is -16.4. The van der Waals surface area contributed by atoms with Gasteiger partial charge in [0.25, 0.3) is 0 Å². The molecule has 3 heterocycles. The van der Waals surface area contributed by atoms with E-state index in [1.807, 2.05) is 30.4 Å². The number of phosphoric ester groups is 3. The molecule has 70 heavy (non-hydrogen) atoms. The lowest BCUT2D eigenvalue weighted by atomic mass is 9.87. The zero-order chi connectivity index (χ0) is 52.0. The molecule has 1 aliphatic heterocycles. The Morgan fingerprint density at radius 3 is 2.34 bits per heavy atom. The Morgan fingerprint density at radius 2 is 1.63 bits per heavy atom. The largest absolute Gasteiger partial charge is 0.481 e. The number of fused-ring (bicyclic) bond motifs is 1. The highest BCUT2D eigenvalue weighted by molar-refractivity contribution is 8.13. The third kappa shape index (κ3) is 22.5. The predicted molar refractivity (Wildman–Crippen MR) is 257 cm³/mol. The number of carbonyl (C=O) groups is 3. The third-order valence-corrected chi connectivity index (χ3v) is 14.1. The molecular formula is C41H66N7O18P3S. The second-order valence-corrected chi connectivity index (χ2v) is 21.9. The van der Waals surface area contributed by atoms with E-state index >= 15 is 0 Å². The highest BCUT2D eigenvalue weighted by atomic mass is 32.2. The fraction of sp³-hybridized carbons (Fsp3) is 0.610. The molecule has 11 N–H and O–H groups in total. The second kappa shape index (κ2) is 29.9. The van der Waals surface area contributed by atoms with Crippen molar-refractivity contribution in [3.8, 4) is 0 Å². The van der Waals surface area contributed by atoms with Gasteiger partial charge in [0.05, 0.1) is 25.6 Å². The van der Waals surface area contributed by atoms with Crippen LogP contribution in [0.15, 0.2) is 61.3 Å². The second-order valence-electron chi connectivity index (χ2n) is 16.5. The van der Waals surface area contributed by atoms with Crippen molar-refractivity contribution >= 4 is 69.1 Å². The van der Waals surface area contributed by atoms with Gasteiger partial charge >= 0.3 is 23.5 Å². The Morgan fingerprint density at radius 1 is 0.929 bits per heavy atom. The van der Waals surface area contributed by atoms with E-state index in [-0.39, 0.29) is 41.6 Å². The maximum Gasteiger partial charge on any atom is 0.481 e. The van der Waals surface area contributed by atoms with E-state index in [4.69, 9.17) is 19.5 Å². The van der Waals surface area contributed by atoms with Crippen LogP contribution in [0.25, 0.3) is 11.2 Å². The van der Waals surface area contributed by atoms with Gasteiger partial charge < -0.3 is 56.0 Å². The number of hydrogen-bond acceptors (Lipinski definition) is 19. The monoisotopic (exact) mass is 1070 g/mol. The minimum Gasteiger partial charge on any atom is -0.389 e. The van der Waals surface area contributed by atoms with Gasteiger partial charge in [-0.1, -0.05) is 100 Å². The van der Waals surface area contributed by atoms with Gasteiger partial charge in [-0.2, -0.15) is 4.31 Å². The number of aliphatic hydroxyl groups excluding tert-OH is 3. The number of unbranched alkanes of at least 4 members (excludes halogenated alkanes) is 3. The number of nitrogens with one attached hydrogen (secondary N) is 2. The van der Waals surface area contributed by atoms with Crippen molar-refractivity contribution in [3.05, 3.63) is 61.3 Å². The van der Waals surface area contributed by atoms with E-state index in [9.17, 15) is 63.0 Å². The first kappa shape index (κ1) is 60.8. The Bertz CT molecular complexity index is 2260. The van der Waals surface area contributed by atoms with Gasteiger partial charge in [0, 0.05) is 37.1 Å². The number of aromatic nitrogens is 4. The summed E-state index contributed by atoms with van der Waals surface area (Å²) in [4.78, 5) is 88.4. The number of carbonyl (C=O) groups excluding carboxylic acids is 3. The van der Waals surface area contributed by atoms with Crippen molar-refractivity contribution in [2.45, 2.75) is 122 Å². The Hall–Kier alpha value is -3.52. The normalized spacial score (nSPS) is 20.7. The fourth-order valence-electron chi connectivity index (χ4n) is 6.34. The zero-order valence-corrected chi connectivity index (χ0v) is 42.6. The Kier molecular flexibility index (Phi) is 25.9. The van der Waals surface area contributed by atoms with E-state index in [2.05, 4.69) is 53.5 Å². The van der Waals surface area contributed by atoms with Crippen LogP contribution in [0.5, 0.6) is 0 Å². The van der Waals surface area contributed by atoms with Crippen LogP contribution in [0.3, 0.4) is 0 Å². The standard InChI is InChI=1S/C41H66N7O18P3S/c1-4-5-15-18-29(49)19-16-13-11-9-7-6-8-10-12-14-17-20-32(51)70-24-23-43-31(50)21-22-44-39(54)36(53)41(2,3)26-63-69(60,61)66-68(58,59)62-25-30-35(65-67(55,56)57)34(52)40(64-30)48-28-47-33-37(42)45-27-46-38(33)48/h6-7,10-13,16,19,27-30,34-36,40,49,52-53H,4-5,8-9,14-15,17-18,20-26H2,1-3H3,(H,43,50)(H,44,54)(H,58,59)(H,60,61)(H2,42,45,46)(H2,55,56,57)/b7-6-,12-10-,13-11-,19-16+/t29?,30-,34-,35-,36+,40-/m1/s1. The molecule has 2 aromatic rings. The van der Waals surface area contributed by atoms with E-state index in [0.29, 0.717) is 18.6 Å². The maximum atomic E-state index is 12.7. The van der Waals surface area contributed by atoms with Crippen molar-refractivity contribution in [2.75, 3.05) is 37.8 Å². The SMILES string of the molecule is CCCCCC(O)/C=C/C=C\C/C=C\C/C=C\CCCC(=O)SCCNC(=O)CCNC(=O)[C@H](O)C(C)(C)COP(=O)(O)OP(=O)(O)OC[C@H]1O[C@@H](n2cnc3c(N)ncnc32)[C@H](O)[C@@H]1OP(=O)(O)O. The quantitative estimate of drug-likeness (QED) is 0.0210. The number of nitrogens with zero attached hydrogens (tertiary/aromatic N) is 4. The number of imidazole rings is 1. The molecule has 1 saturated heterocycles. The number of nitrogens with two attached hydrogens (primary N) is 1. The van der Waals surface area contributed by atoms with Gasteiger partial charge in [0.15, 0.2) is 22.8 Å². The molecule has 3 unspecified atom stereocenters. The number of nitrogen functional groups attached to an aromatic ring is 1. The van der Waals surface area contributed by atoms with Crippen LogP contribution >= 0.6 is 35.2 Å². The van der Waals surface area contributed by atoms with Crippen molar-refractivity contribution in [1.29, 1.82) is 0 Å². The molecule has 1 aliphatic rings. The molecule has 0 aromatic carbocycles. The maximum absolute atomic E-state index is 12.7. The van der Waals surface area contributed by atoms with E-state index in [1.165, 1.54) is 13.8 Å². The smallest absolute Gasteiger partial charge is 0.389 e. The number of rotatable bonds is 33. The first-order valence-electron chi connectivity index (χ1n) is 22.3. The Labute approximate surface area is 409 Å². The van der Waals surface area contributed by atoms with Crippen molar-refractivity contribution < 1.29 is 85.6 Å². The van der Waals surface area contributed by atoms with E-state index < -0.39 is 90.7 Å². The number of allylic oxidation sites excluding steroid dienone is 7. The molecule has 1 fully saturated rings. The van der Waals surface area contributed by atoms with E-state index in [0.717, 1.165) is 73.9 Å². The Balaban J connectivity index is 1.30. The summed E-state index contributed by atoms with van der Waals surface area (Å²) in [5.74, 6) is -1.12. The molecule has 0 saturated carbocycles. The lowest BCUT2D eigenvalue weighted by Gasteiger charge is -2.30. The summed E-state index contributed by atoms with van der Waals surface area (Å²) in [5.41, 5.74) is 4.26. The predicted octanol–water partition coefficient (Wildman–Crippen LogP) is 3.78. The van der Waals surface area contributed by atoms with Gasteiger partial charge in [0.2, 0.25) is 11.8 Å². The van der Waals surface area contributed by atoms with Crippen LogP contribution < -0.4 is 16.4 Å².